The zero-order valence-corrected chi connectivity index (χ0v) is 17.2. The SMILES string of the molecule is Cc1cc(C(C)(C)C)cc(C)c1CCNC(=O)CN1CCCC(CO)C1. The topological polar surface area (TPSA) is 52.6 Å². The maximum atomic E-state index is 12.2. The standard InChI is InChI=1S/C22H36N2O2/c1-16-11-19(22(3,4)5)12-17(2)20(16)8-9-23-21(26)14-24-10-6-7-18(13-24)15-25/h11-12,18,25H,6-10,13-15H2,1-5H3,(H,23,26). The van der Waals surface area contributed by atoms with E-state index in [-0.39, 0.29) is 17.9 Å². The van der Waals surface area contributed by atoms with Gasteiger partial charge in [-0.1, -0.05) is 32.9 Å². The number of hydrogen-bond donors (Lipinski definition) is 2. The normalized spacial score (nSPS) is 18.8. The second-order valence-corrected chi connectivity index (χ2v) is 8.86. The molecule has 1 unspecified atom stereocenters. The van der Waals surface area contributed by atoms with Crippen molar-refractivity contribution in [2.45, 2.75) is 59.3 Å². The summed E-state index contributed by atoms with van der Waals surface area (Å²) in [6.07, 6.45) is 3.00. The fraction of sp³-hybridized carbons (Fsp3) is 0.682. The first kappa shape index (κ1) is 20.9. The predicted molar refractivity (Wildman–Crippen MR) is 108 cm³/mol. The molecule has 0 aliphatic carbocycles. The number of likely N-dealkylation sites (tertiary alicyclic amines) is 1. The van der Waals surface area contributed by atoms with Gasteiger partial charge in [0.2, 0.25) is 5.91 Å². The summed E-state index contributed by atoms with van der Waals surface area (Å²) in [4.78, 5) is 14.4. The van der Waals surface area contributed by atoms with Gasteiger partial charge < -0.3 is 10.4 Å². The van der Waals surface area contributed by atoms with E-state index < -0.39 is 0 Å². The third-order valence-corrected chi connectivity index (χ3v) is 5.49. The van der Waals surface area contributed by atoms with Crippen LogP contribution in [0, 0.1) is 19.8 Å². The van der Waals surface area contributed by atoms with Crippen LogP contribution in [0.15, 0.2) is 12.1 Å². The summed E-state index contributed by atoms with van der Waals surface area (Å²) < 4.78 is 0. The number of piperidine rings is 1. The number of amides is 1. The minimum Gasteiger partial charge on any atom is -0.396 e. The van der Waals surface area contributed by atoms with Crippen molar-refractivity contribution in [3.05, 3.63) is 34.4 Å². The summed E-state index contributed by atoms with van der Waals surface area (Å²) in [6, 6.07) is 4.57. The predicted octanol–water partition coefficient (Wildman–Crippen LogP) is 2.96. The number of aliphatic hydroxyl groups excluding tert-OH is 1. The van der Waals surface area contributed by atoms with Gasteiger partial charge in [-0.15, -0.1) is 0 Å². The maximum Gasteiger partial charge on any atom is 0.234 e. The molecule has 0 aromatic heterocycles. The minimum absolute atomic E-state index is 0.0882. The van der Waals surface area contributed by atoms with Gasteiger partial charge in [0.25, 0.3) is 0 Å². The van der Waals surface area contributed by atoms with Crippen LogP contribution < -0.4 is 5.32 Å². The number of aliphatic hydroxyl groups is 1. The number of carbonyl (C=O) groups excluding carboxylic acids is 1. The lowest BCUT2D eigenvalue weighted by Gasteiger charge is -2.31. The van der Waals surface area contributed by atoms with Gasteiger partial charge >= 0.3 is 0 Å². The van der Waals surface area contributed by atoms with Crippen LogP contribution in [0.5, 0.6) is 0 Å². The highest BCUT2D eigenvalue weighted by molar-refractivity contribution is 5.78. The van der Waals surface area contributed by atoms with E-state index in [9.17, 15) is 9.90 Å². The molecule has 4 heteroatoms. The minimum atomic E-state index is 0.0882. The molecule has 1 aromatic carbocycles. The zero-order chi connectivity index (χ0) is 19.3. The number of aryl methyl sites for hydroxylation is 2. The van der Waals surface area contributed by atoms with Gasteiger partial charge in [-0.05, 0) is 73.2 Å². The molecule has 1 aromatic rings. The van der Waals surface area contributed by atoms with Crippen molar-refractivity contribution in [2.24, 2.45) is 5.92 Å². The zero-order valence-electron chi connectivity index (χ0n) is 17.2. The average Bonchev–Trinajstić information content (AvgIpc) is 2.56. The second-order valence-electron chi connectivity index (χ2n) is 8.86. The molecule has 0 radical (unpaired) electrons. The van der Waals surface area contributed by atoms with Crippen molar-refractivity contribution in [1.29, 1.82) is 0 Å². The number of carbonyl (C=O) groups is 1. The molecular weight excluding hydrogens is 324 g/mol. The third-order valence-electron chi connectivity index (χ3n) is 5.49. The first-order valence-corrected chi connectivity index (χ1v) is 9.91. The lowest BCUT2D eigenvalue weighted by atomic mass is 9.83. The third kappa shape index (κ3) is 5.82. The lowest BCUT2D eigenvalue weighted by Crippen LogP contribution is -2.43. The van der Waals surface area contributed by atoms with Crippen molar-refractivity contribution in [2.75, 3.05) is 32.8 Å². The Bertz CT molecular complexity index is 596. The summed E-state index contributed by atoms with van der Waals surface area (Å²) >= 11 is 0. The monoisotopic (exact) mass is 360 g/mol. The first-order chi connectivity index (χ1) is 12.2. The van der Waals surface area contributed by atoms with E-state index in [1.165, 1.54) is 22.3 Å². The van der Waals surface area contributed by atoms with Crippen LogP contribution in [0.4, 0.5) is 0 Å². The Hall–Kier alpha value is -1.39. The van der Waals surface area contributed by atoms with Gasteiger partial charge in [0.1, 0.15) is 0 Å². The van der Waals surface area contributed by atoms with Crippen LogP contribution in [0.2, 0.25) is 0 Å². The number of nitrogens with zero attached hydrogens (tertiary/aromatic N) is 1. The summed E-state index contributed by atoms with van der Waals surface area (Å²) in [5.74, 6) is 0.411. The highest BCUT2D eigenvalue weighted by Crippen LogP contribution is 2.27. The first-order valence-electron chi connectivity index (χ1n) is 9.91. The van der Waals surface area contributed by atoms with Crippen molar-refractivity contribution < 1.29 is 9.90 Å². The molecule has 1 fully saturated rings. The molecular formula is C22H36N2O2. The summed E-state index contributed by atoms with van der Waals surface area (Å²) in [5.41, 5.74) is 5.49. The molecule has 1 atom stereocenters. The smallest absolute Gasteiger partial charge is 0.234 e. The van der Waals surface area contributed by atoms with Gasteiger partial charge in [-0.3, -0.25) is 9.69 Å². The Morgan fingerprint density at radius 1 is 1.27 bits per heavy atom. The Kier molecular flexibility index (Phi) is 7.24. The summed E-state index contributed by atoms with van der Waals surface area (Å²) in [6.45, 7) is 14.2. The number of hydrogen-bond acceptors (Lipinski definition) is 3. The molecule has 1 aliphatic heterocycles. The van der Waals surface area contributed by atoms with Crippen LogP contribution in [0.1, 0.15) is 55.9 Å². The molecule has 26 heavy (non-hydrogen) atoms. The maximum absolute atomic E-state index is 12.2. The van der Waals surface area contributed by atoms with E-state index in [0.29, 0.717) is 19.0 Å². The van der Waals surface area contributed by atoms with E-state index in [4.69, 9.17) is 0 Å². The van der Waals surface area contributed by atoms with Crippen LogP contribution in [-0.4, -0.2) is 48.7 Å². The van der Waals surface area contributed by atoms with Crippen LogP contribution >= 0.6 is 0 Å². The molecule has 2 rings (SSSR count). The molecule has 0 saturated carbocycles. The van der Waals surface area contributed by atoms with Crippen LogP contribution in [0.3, 0.4) is 0 Å². The molecule has 1 aliphatic rings. The molecule has 4 nitrogen and oxygen atoms in total. The molecule has 146 valence electrons. The van der Waals surface area contributed by atoms with E-state index in [0.717, 1.165) is 32.4 Å². The van der Waals surface area contributed by atoms with Crippen LogP contribution in [0.25, 0.3) is 0 Å². The molecule has 1 heterocycles. The molecule has 0 bridgehead atoms. The lowest BCUT2D eigenvalue weighted by molar-refractivity contribution is -0.122. The average molecular weight is 361 g/mol. The van der Waals surface area contributed by atoms with Gasteiger partial charge in [0.05, 0.1) is 6.54 Å². The van der Waals surface area contributed by atoms with Crippen molar-refractivity contribution >= 4 is 5.91 Å². The van der Waals surface area contributed by atoms with Crippen molar-refractivity contribution in [3.8, 4) is 0 Å². The fourth-order valence-corrected chi connectivity index (χ4v) is 3.85. The van der Waals surface area contributed by atoms with Gasteiger partial charge in [-0.2, -0.15) is 0 Å². The van der Waals surface area contributed by atoms with Crippen molar-refractivity contribution in [3.63, 3.8) is 0 Å². The quantitative estimate of drug-likeness (QED) is 0.820. The number of nitrogens with one attached hydrogen (secondary N) is 1. The number of benzene rings is 1. The van der Waals surface area contributed by atoms with Crippen LogP contribution in [-0.2, 0) is 16.6 Å². The Morgan fingerprint density at radius 2 is 1.92 bits per heavy atom. The molecule has 1 amide bonds. The fourth-order valence-electron chi connectivity index (χ4n) is 3.85. The second kappa shape index (κ2) is 9.01. The highest BCUT2D eigenvalue weighted by Gasteiger charge is 2.21. The van der Waals surface area contributed by atoms with Gasteiger partial charge in [-0.25, -0.2) is 0 Å². The van der Waals surface area contributed by atoms with Gasteiger partial charge in [0, 0.05) is 19.7 Å². The number of rotatable bonds is 6. The van der Waals surface area contributed by atoms with E-state index >= 15 is 0 Å². The molecule has 2 N–H and O–H groups in total. The Morgan fingerprint density at radius 3 is 2.50 bits per heavy atom. The molecule has 0 spiro atoms. The molecule has 1 saturated heterocycles. The largest absolute Gasteiger partial charge is 0.396 e. The van der Waals surface area contributed by atoms with Crippen molar-refractivity contribution in [1.82, 2.24) is 10.2 Å². The summed E-state index contributed by atoms with van der Waals surface area (Å²) in [7, 11) is 0. The van der Waals surface area contributed by atoms with E-state index in [2.05, 4.69) is 57.0 Å². The van der Waals surface area contributed by atoms with E-state index in [1.54, 1.807) is 0 Å². The summed E-state index contributed by atoms with van der Waals surface area (Å²) in [5, 5.41) is 12.4. The Labute approximate surface area is 159 Å². The Balaban J connectivity index is 1.85. The van der Waals surface area contributed by atoms with Gasteiger partial charge in [0.15, 0.2) is 0 Å². The highest BCUT2D eigenvalue weighted by atomic mass is 16.3. The van der Waals surface area contributed by atoms with E-state index in [1.807, 2.05) is 0 Å².